The first-order valence-corrected chi connectivity index (χ1v) is 8.92. The van der Waals surface area contributed by atoms with Gasteiger partial charge in [0.15, 0.2) is 0 Å². The Morgan fingerprint density at radius 1 is 1.20 bits per heavy atom. The van der Waals surface area contributed by atoms with Crippen LogP contribution in [0.3, 0.4) is 0 Å². The molecule has 0 radical (unpaired) electrons. The number of H-pyrrole nitrogens is 1. The Morgan fingerprint density at radius 3 is 2.60 bits per heavy atom. The van der Waals surface area contributed by atoms with Gasteiger partial charge in [0.25, 0.3) is 0 Å². The lowest BCUT2D eigenvalue weighted by atomic mass is 10.1. The van der Waals surface area contributed by atoms with Crippen LogP contribution in [0.2, 0.25) is 0 Å². The molecule has 1 aromatic heterocycles. The SMILES string of the molecule is COc1ccc(-c2[nH]ncc2CNC(=O)CN2CCCCCC2)cc1. The molecule has 2 heterocycles. The van der Waals surface area contributed by atoms with Crippen molar-refractivity contribution in [2.24, 2.45) is 0 Å². The van der Waals surface area contributed by atoms with Gasteiger partial charge in [-0.25, -0.2) is 0 Å². The number of aromatic amines is 1. The fourth-order valence-electron chi connectivity index (χ4n) is 3.20. The number of hydrogen-bond donors (Lipinski definition) is 2. The Balaban J connectivity index is 1.56. The number of amides is 1. The highest BCUT2D eigenvalue weighted by molar-refractivity contribution is 5.78. The van der Waals surface area contributed by atoms with E-state index in [0.717, 1.165) is 35.7 Å². The van der Waals surface area contributed by atoms with Crippen molar-refractivity contribution in [2.45, 2.75) is 32.2 Å². The van der Waals surface area contributed by atoms with Crippen LogP contribution in [0.4, 0.5) is 0 Å². The van der Waals surface area contributed by atoms with Crippen LogP contribution < -0.4 is 10.1 Å². The number of carbonyl (C=O) groups excluding carboxylic acids is 1. The van der Waals surface area contributed by atoms with Crippen molar-refractivity contribution in [2.75, 3.05) is 26.7 Å². The quantitative estimate of drug-likeness (QED) is 0.846. The highest BCUT2D eigenvalue weighted by Gasteiger charge is 2.14. The van der Waals surface area contributed by atoms with Gasteiger partial charge >= 0.3 is 0 Å². The van der Waals surface area contributed by atoms with Crippen molar-refractivity contribution in [1.82, 2.24) is 20.4 Å². The number of hydrogen-bond acceptors (Lipinski definition) is 4. The highest BCUT2D eigenvalue weighted by atomic mass is 16.5. The van der Waals surface area contributed by atoms with Crippen LogP contribution in [-0.2, 0) is 11.3 Å². The molecule has 0 atom stereocenters. The predicted molar refractivity (Wildman–Crippen MR) is 97.3 cm³/mol. The molecule has 0 bridgehead atoms. The van der Waals surface area contributed by atoms with Gasteiger partial charge in [-0.05, 0) is 50.2 Å². The van der Waals surface area contributed by atoms with Gasteiger partial charge in [0, 0.05) is 17.7 Å². The van der Waals surface area contributed by atoms with Gasteiger partial charge in [0.05, 0.1) is 25.5 Å². The Morgan fingerprint density at radius 2 is 1.92 bits per heavy atom. The molecule has 0 spiro atoms. The molecule has 6 heteroatoms. The number of aromatic nitrogens is 2. The zero-order valence-corrected chi connectivity index (χ0v) is 14.8. The van der Waals surface area contributed by atoms with Crippen molar-refractivity contribution in [3.63, 3.8) is 0 Å². The van der Waals surface area contributed by atoms with Gasteiger partial charge in [0.2, 0.25) is 5.91 Å². The van der Waals surface area contributed by atoms with Crippen molar-refractivity contribution < 1.29 is 9.53 Å². The van der Waals surface area contributed by atoms with E-state index in [1.54, 1.807) is 13.3 Å². The smallest absolute Gasteiger partial charge is 0.234 e. The molecule has 2 aromatic rings. The van der Waals surface area contributed by atoms with Gasteiger partial charge in [0.1, 0.15) is 5.75 Å². The van der Waals surface area contributed by atoms with Crippen LogP contribution in [0, 0.1) is 0 Å². The summed E-state index contributed by atoms with van der Waals surface area (Å²) >= 11 is 0. The summed E-state index contributed by atoms with van der Waals surface area (Å²) in [4.78, 5) is 14.5. The van der Waals surface area contributed by atoms with E-state index in [-0.39, 0.29) is 5.91 Å². The third-order valence-corrected chi connectivity index (χ3v) is 4.64. The Labute approximate surface area is 148 Å². The topological polar surface area (TPSA) is 70.2 Å². The number of carbonyl (C=O) groups is 1. The first-order valence-electron chi connectivity index (χ1n) is 8.92. The van der Waals surface area contributed by atoms with Crippen LogP contribution in [0.15, 0.2) is 30.5 Å². The summed E-state index contributed by atoms with van der Waals surface area (Å²) in [6.07, 6.45) is 6.70. The lowest BCUT2D eigenvalue weighted by Crippen LogP contribution is -2.37. The van der Waals surface area contributed by atoms with Crippen LogP contribution >= 0.6 is 0 Å². The molecule has 1 amide bonds. The van der Waals surface area contributed by atoms with Gasteiger partial charge in [-0.2, -0.15) is 5.10 Å². The number of nitrogens with zero attached hydrogens (tertiary/aromatic N) is 2. The Bertz CT molecular complexity index is 673. The maximum absolute atomic E-state index is 12.3. The largest absolute Gasteiger partial charge is 0.497 e. The number of rotatable bonds is 6. The molecule has 1 saturated heterocycles. The molecule has 1 aliphatic rings. The molecule has 1 fully saturated rings. The summed E-state index contributed by atoms with van der Waals surface area (Å²) in [6, 6.07) is 7.79. The molecule has 1 aliphatic heterocycles. The van der Waals surface area contributed by atoms with E-state index < -0.39 is 0 Å². The number of nitrogens with one attached hydrogen (secondary N) is 2. The average Bonchev–Trinajstić information content (AvgIpc) is 2.96. The maximum atomic E-state index is 12.3. The van der Waals surface area contributed by atoms with E-state index >= 15 is 0 Å². The van der Waals surface area contributed by atoms with Gasteiger partial charge in [-0.15, -0.1) is 0 Å². The van der Waals surface area contributed by atoms with Crippen molar-refractivity contribution in [1.29, 1.82) is 0 Å². The van der Waals surface area contributed by atoms with E-state index in [1.165, 1.54) is 25.7 Å². The second kappa shape index (κ2) is 8.67. The number of methoxy groups -OCH3 is 1. The fourth-order valence-corrected chi connectivity index (χ4v) is 3.20. The molecule has 134 valence electrons. The zero-order valence-electron chi connectivity index (χ0n) is 14.8. The van der Waals surface area contributed by atoms with Crippen LogP contribution in [0.25, 0.3) is 11.3 Å². The van der Waals surface area contributed by atoms with Crippen molar-refractivity contribution >= 4 is 5.91 Å². The second-order valence-corrected chi connectivity index (χ2v) is 6.47. The number of likely N-dealkylation sites (tertiary alicyclic amines) is 1. The average molecular weight is 342 g/mol. The third kappa shape index (κ3) is 4.82. The van der Waals surface area contributed by atoms with Crippen LogP contribution in [0.5, 0.6) is 5.75 Å². The first kappa shape index (κ1) is 17.5. The predicted octanol–water partition coefficient (Wildman–Crippen LogP) is 2.58. The summed E-state index contributed by atoms with van der Waals surface area (Å²) in [5, 5.41) is 10.2. The molecule has 25 heavy (non-hydrogen) atoms. The lowest BCUT2D eigenvalue weighted by Gasteiger charge is -2.18. The fraction of sp³-hybridized carbons (Fsp3) is 0.474. The molecular formula is C19H26N4O2. The van der Waals surface area contributed by atoms with Gasteiger partial charge in [-0.1, -0.05) is 12.8 Å². The Hall–Kier alpha value is -2.34. The molecule has 3 rings (SSSR count). The minimum atomic E-state index is 0.0729. The van der Waals surface area contributed by atoms with E-state index in [0.29, 0.717) is 13.1 Å². The standard InChI is InChI=1S/C19H26N4O2/c1-25-17-8-6-15(7-9-17)19-16(13-21-22-19)12-20-18(24)14-23-10-4-2-3-5-11-23/h6-9,13H,2-5,10-12,14H2,1H3,(H,20,24)(H,21,22). The minimum absolute atomic E-state index is 0.0729. The molecular weight excluding hydrogens is 316 g/mol. The third-order valence-electron chi connectivity index (χ3n) is 4.64. The molecule has 0 unspecified atom stereocenters. The van der Waals surface area contributed by atoms with E-state index in [4.69, 9.17) is 4.74 Å². The van der Waals surface area contributed by atoms with Gasteiger partial charge < -0.3 is 10.1 Å². The number of benzene rings is 1. The van der Waals surface area contributed by atoms with E-state index in [9.17, 15) is 4.79 Å². The highest BCUT2D eigenvalue weighted by Crippen LogP contribution is 2.23. The van der Waals surface area contributed by atoms with Crippen LogP contribution in [0.1, 0.15) is 31.2 Å². The normalized spacial score (nSPS) is 15.6. The Kier molecular flexibility index (Phi) is 6.06. The van der Waals surface area contributed by atoms with E-state index in [2.05, 4.69) is 20.4 Å². The van der Waals surface area contributed by atoms with Crippen molar-refractivity contribution in [3.05, 3.63) is 36.0 Å². The summed E-state index contributed by atoms with van der Waals surface area (Å²) in [6.45, 7) is 3.01. The summed E-state index contributed by atoms with van der Waals surface area (Å²) in [5.74, 6) is 0.888. The lowest BCUT2D eigenvalue weighted by molar-refractivity contribution is -0.122. The molecule has 1 aromatic carbocycles. The maximum Gasteiger partial charge on any atom is 0.234 e. The van der Waals surface area contributed by atoms with E-state index in [1.807, 2.05) is 24.3 Å². The monoisotopic (exact) mass is 342 g/mol. The van der Waals surface area contributed by atoms with Crippen molar-refractivity contribution in [3.8, 4) is 17.0 Å². The molecule has 0 aliphatic carbocycles. The molecule has 2 N–H and O–H groups in total. The number of ether oxygens (including phenoxy) is 1. The summed E-state index contributed by atoms with van der Waals surface area (Å²) in [7, 11) is 1.65. The minimum Gasteiger partial charge on any atom is -0.497 e. The van der Waals surface area contributed by atoms with Gasteiger partial charge in [-0.3, -0.25) is 14.8 Å². The molecule has 6 nitrogen and oxygen atoms in total. The van der Waals surface area contributed by atoms with Crippen LogP contribution in [-0.4, -0.2) is 47.7 Å². The summed E-state index contributed by atoms with van der Waals surface area (Å²) < 4.78 is 5.19. The molecule has 0 saturated carbocycles. The first-order chi connectivity index (χ1) is 12.3. The summed E-state index contributed by atoms with van der Waals surface area (Å²) in [5.41, 5.74) is 2.93. The zero-order chi connectivity index (χ0) is 17.5. The second-order valence-electron chi connectivity index (χ2n) is 6.47.